The fourth-order valence-electron chi connectivity index (χ4n) is 2.52. The number of rotatable bonds is 7. The van der Waals surface area contributed by atoms with Crippen LogP contribution in [0.1, 0.15) is 11.6 Å². The summed E-state index contributed by atoms with van der Waals surface area (Å²) in [4.78, 5) is 12.5. The maximum Gasteiger partial charge on any atom is 0.295 e. The summed E-state index contributed by atoms with van der Waals surface area (Å²) in [5.74, 6) is 0.104. The molecule has 1 atom stereocenters. The number of para-hydroxylation sites is 1. The van der Waals surface area contributed by atoms with Crippen LogP contribution in [0.15, 0.2) is 42.5 Å². The lowest BCUT2D eigenvalue weighted by Crippen LogP contribution is -2.27. The predicted molar refractivity (Wildman–Crippen MR) is 91.0 cm³/mol. The highest BCUT2D eigenvalue weighted by Gasteiger charge is 2.20. The Bertz CT molecular complexity index is 722. The van der Waals surface area contributed by atoms with Crippen LogP contribution >= 0.6 is 0 Å². The summed E-state index contributed by atoms with van der Waals surface area (Å²) in [6.45, 7) is 0.403. The first kappa shape index (κ1) is 17.7. The largest absolute Gasteiger partial charge is 0.496 e. The van der Waals surface area contributed by atoms with E-state index in [-0.39, 0.29) is 17.4 Å². The van der Waals surface area contributed by atoms with Crippen LogP contribution in [0.5, 0.6) is 5.75 Å². The van der Waals surface area contributed by atoms with Crippen molar-refractivity contribution in [2.45, 2.75) is 6.04 Å². The Morgan fingerprint density at radius 3 is 2.62 bits per heavy atom. The van der Waals surface area contributed by atoms with Gasteiger partial charge in [0.15, 0.2) is 0 Å². The quantitative estimate of drug-likeness (QED) is 0.621. The average Bonchev–Trinajstić information content (AvgIpc) is 2.56. The minimum atomic E-state index is -0.638. The van der Waals surface area contributed by atoms with Crippen molar-refractivity contribution in [1.29, 1.82) is 0 Å². The molecule has 6 nitrogen and oxygen atoms in total. The van der Waals surface area contributed by atoms with Crippen molar-refractivity contribution in [3.05, 3.63) is 64.0 Å². The van der Waals surface area contributed by atoms with Crippen LogP contribution in [-0.2, 0) is 0 Å². The molecule has 0 saturated heterocycles. The zero-order valence-corrected chi connectivity index (χ0v) is 13.8. The summed E-state index contributed by atoms with van der Waals surface area (Å²) in [7, 11) is 5.43. The SMILES string of the molecule is COc1ccccc1C(CNc1ccc(F)cc1[N+](=O)[O-])N(C)C. The topological polar surface area (TPSA) is 67.6 Å². The van der Waals surface area contributed by atoms with Crippen molar-refractivity contribution >= 4 is 11.4 Å². The molecular formula is C17H20FN3O3. The molecule has 0 spiro atoms. The molecule has 0 radical (unpaired) electrons. The van der Waals surface area contributed by atoms with E-state index in [9.17, 15) is 14.5 Å². The molecule has 2 aromatic rings. The summed E-state index contributed by atoms with van der Waals surface area (Å²) in [5, 5.41) is 14.1. The maximum atomic E-state index is 13.2. The van der Waals surface area contributed by atoms with Crippen LogP contribution in [0.3, 0.4) is 0 Å². The molecule has 0 bridgehead atoms. The molecular weight excluding hydrogens is 313 g/mol. The van der Waals surface area contributed by atoms with Gasteiger partial charge in [-0.15, -0.1) is 0 Å². The van der Waals surface area contributed by atoms with Gasteiger partial charge >= 0.3 is 0 Å². The smallest absolute Gasteiger partial charge is 0.295 e. The minimum absolute atomic E-state index is 0.0780. The lowest BCUT2D eigenvalue weighted by molar-refractivity contribution is -0.384. The predicted octanol–water partition coefficient (Wildman–Crippen LogP) is 3.46. The number of anilines is 1. The summed E-state index contributed by atoms with van der Waals surface area (Å²) in [6, 6.07) is 11.0. The second-order valence-electron chi connectivity index (χ2n) is 5.52. The number of halogens is 1. The lowest BCUT2D eigenvalue weighted by atomic mass is 10.0. The van der Waals surface area contributed by atoms with E-state index in [1.807, 2.05) is 43.3 Å². The fourth-order valence-corrected chi connectivity index (χ4v) is 2.52. The number of ether oxygens (including phenoxy) is 1. The highest BCUT2D eigenvalue weighted by Crippen LogP contribution is 2.30. The highest BCUT2D eigenvalue weighted by atomic mass is 19.1. The Morgan fingerprint density at radius 2 is 2.00 bits per heavy atom. The Balaban J connectivity index is 2.26. The Kier molecular flexibility index (Phi) is 5.70. The third-order valence-corrected chi connectivity index (χ3v) is 3.76. The monoisotopic (exact) mass is 333 g/mol. The molecule has 0 saturated carbocycles. The van der Waals surface area contributed by atoms with E-state index in [2.05, 4.69) is 5.32 Å². The molecule has 2 aromatic carbocycles. The van der Waals surface area contributed by atoms with E-state index < -0.39 is 10.7 Å². The van der Waals surface area contributed by atoms with E-state index in [0.717, 1.165) is 17.4 Å². The maximum absolute atomic E-state index is 13.2. The lowest BCUT2D eigenvalue weighted by Gasteiger charge is -2.27. The highest BCUT2D eigenvalue weighted by molar-refractivity contribution is 5.61. The van der Waals surface area contributed by atoms with Gasteiger partial charge in [-0.05, 0) is 32.3 Å². The van der Waals surface area contributed by atoms with Gasteiger partial charge in [-0.1, -0.05) is 18.2 Å². The van der Waals surface area contributed by atoms with Crippen LogP contribution in [0.4, 0.5) is 15.8 Å². The van der Waals surface area contributed by atoms with Gasteiger partial charge in [0, 0.05) is 12.1 Å². The zero-order chi connectivity index (χ0) is 17.7. The van der Waals surface area contributed by atoms with E-state index >= 15 is 0 Å². The first-order valence-electron chi connectivity index (χ1n) is 7.41. The van der Waals surface area contributed by atoms with Crippen molar-refractivity contribution in [1.82, 2.24) is 4.90 Å². The number of hydrogen-bond donors (Lipinski definition) is 1. The molecule has 0 aliphatic carbocycles. The zero-order valence-electron chi connectivity index (χ0n) is 13.8. The third kappa shape index (κ3) is 3.99. The number of hydrogen-bond acceptors (Lipinski definition) is 5. The molecule has 0 heterocycles. The van der Waals surface area contributed by atoms with Crippen molar-refractivity contribution in [3.63, 3.8) is 0 Å². The van der Waals surface area contributed by atoms with Gasteiger partial charge in [0.25, 0.3) is 5.69 Å². The van der Waals surface area contributed by atoms with E-state index in [1.165, 1.54) is 12.1 Å². The van der Waals surface area contributed by atoms with Crippen molar-refractivity contribution < 1.29 is 14.1 Å². The van der Waals surface area contributed by atoms with Gasteiger partial charge in [-0.3, -0.25) is 10.1 Å². The molecule has 0 aliphatic rings. The number of benzene rings is 2. The molecule has 0 aliphatic heterocycles. The van der Waals surface area contributed by atoms with Crippen molar-refractivity contribution in [2.24, 2.45) is 0 Å². The molecule has 1 N–H and O–H groups in total. The first-order valence-corrected chi connectivity index (χ1v) is 7.41. The number of nitro benzene ring substituents is 1. The van der Waals surface area contributed by atoms with Crippen LogP contribution < -0.4 is 10.1 Å². The van der Waals surface area contributed by atoms with Crippen molar-refractivity contribution in [2.75, 3.05) is 33.1 Å². The number of nitrogens with one attached hydrogen (secondary N) is 1. The number of nitrogens with zero attached hydrogens (tertiary/aromatic N) is 2. The van der Waals surface area contributed by atoms with E-state index in [1.54, 1.807) is 7.11 Å². The Morgan fingerprint density at radius 1 is 1.29 bits per heavy atom. The average molecular weight is 333 g/mol. The Labute approximate surface area is 140 Å². The van der Waals surface area contributed by atoms with Crippen molar-refractivity contribution in [3.8, 4) is 5.75 Å². The molecule has 7 heteroatoms. The van der Waals surface area contributed by atoms with Gasteiger partial charge in [-0.2, -0.15) is 0 Å². The molecule has 24 heavy (non-hydrogen) atoms. The van der Waals surface area contributed by atoms with Gasteiger partial charge in [0.1, 0.15) is 17.3 Å². The number of methoxy groups -OCH3 is 1. The van der Waals surface area contributed by atoms with Gasteiger partial charge < -0.3 is 15.0 Å². The summed E-state index contributed by atoms with van der Waals surface area (Å²) < 4.78 is 18.6. The molecule has 1 unspecified atom stereocenters. The molecule has 128 valence electrons. The summed E-state index contributed by atoms with van der Waals surface area (Å²) in [5.41, 5.74) is 0.956. The van der Waals surface area contributed by atoms with Crippen LogP contribution in [0.25, 0.3) is 0 Å². The Hall–Kier alpha value is -2.67. The second-order valence-corrected chi connectivity index (χ2v) is 5.52. The van der Waals surface area contributed by atoms with Gasteiger partial charge in [0.2, 0.25) is 0 Å². The van der Waals surface area contributed by atoms with Gasteiger partial charge in [-0.25, -0.2) is 4.39 Å². The van der Waals surface area contributed by atoms with Crippen LogP contribution in [0, 0.1) is 15.9 Å². The standard InChI is InChI=1S/C17H20FN3O3/c1-20(2)16(13-6-4-5-7-17(13)24-3)11-19-14-9-8-12(18)10-15(14)21(22)23/h4-10,16,19H,11H2,1-3H3. The molecule has 0 amide bonds. The van der Waals surface area contributed by atoms with Crippen LogP contribution in [0.2, 0.25) is 0 Å². The summed E-state index contributed by atoms with van der Waals surface area (Å²) in [6.07, 6.45) is 0. The number of likely N-dealkylation sites (N-methyl/N-ethyl adjacent to an activating group) is 1. The van der Waals surface area contributed by atoms with E-state index in [4.69, 9.17) is 4.74 Å². The van der Waals surface area contributed by atoms with E-state index in [0.29, 0.717) is 6.54 Å². The minimum Gasteiger partial charge on any atom is -0.496 e. The fraction of sp³-hybridized carbons (Fsp3) is 0.294. The second kappa shape index (κ2) is 7.74. The normalized spacial score (nSPS) is 12.0. The molecule has 0 fully saturated rings. The molecule has 0 aromatic heterocycles. The third-order valence-electron chi connectivity index (χ3n) is 3.76. The van der Waals surface area contributed by atoms with Crippen LogP contribution in [-0.4, -0.2) is 37.6 Å². The first-order chi connectivity index (χ1) is 11.4. The summed E-state index contributed by atoms with van der Waals surface area (Å²) >= 11 is 0. The van der Waals surface area contributed by atoms with Gasteiger partial charge in [0.05, 0.1) is 24.1 Å². The number of nitro groups is 1. The molecule has 2 rings (SSSR count).